The van der Waals surface area contributed by atoms with E-state index in [1.807, 2.05) is 42.2 Å². The molecule has 4 rings (SSSR count). The van der Waals surface area contributed by atoms with E-state index < -0.39 is 0 Å². The number of hydrogen-bond acceptors (Lipinski definition) is 4. The number of benzene rings is 1. The van der Waals surface area contributed by atoms with Crippen molar-refractivity contribution in [3.63, 3.8) is 0 Å². The summed E-state index contributed by atoms with van der Waals surface area (Å²) in [6, 6.07) is 10.1. The van der Waals surface area contributed by atoms with Crippen molar-refractivity contribution in [1.82, 2.24) is 20.5 Å². The Hall–Kier alpha value is -2.83. The van der Waals surface area contributed by atoms with Crippen molar-refractivity contribution in [3.8, 4) is 11.5 Å². The van der Waals surface area contributed by atoms with Gasteiger partial charge in [0.15, 0.2) is 5.96 Å². The molecular formula is C24H33N5O2. The number of amides is 1. The van der Waals surface area contributed by atoms with E-state index in [1.54, 1.807) is 6.26 Å². The minimum Gasteiger partial charge on any atom is -0.444 e. The molecule has 7 heteroatoms. The molecule has 1 unspecified atom stereocenters. The summed E-state index contributed by atoms with van der Waals surface area (Å²) in [5.41, 5.74) is 1.74. The van der Waals surface area contributed by atoms with Crippen molar-refractivity contribution in [2.24, 2.45) is 10.9 Å². The number of oxazole rings is 1. The zero-order chi connectivity index (χ0) is 21.5. The maximum absolute atomic E-state index is 12.8. The summed E-state index contributed by atoms with van der Waals surface area (Å²) in [7, 11) is 0. The second-order valence-corrected chi connectivity index (χ2v) is 8.45. The number of aliphatic imine (C=N–C) groups is 1. The molecule has 2 fully saturated rings. The molecule has 0 spiro atoms. The third-order valence-electron chi connectivity index (χ3n) is 6.11. The number of carbonyl (C=O) groups is 1. The van der Waals surface area contributed by atoms with E-state index in [-0.39, 0.29) is 12.0 Å². The monoisotopic (exact) mass is 423 g/mol. The van der Waals surface area contributed by atoms with Crippen LogP contribution in [0.2, 0.25) is 0 Å². The normalized spacial score (nSPS) is 20.1. The average Bonchev–Trinajstić information content (AvgIpc) is 3.48. The Morgan fingerprint density at radius 1 is 1.19 bits per heavy atom. The smallest absolute Gasteiger partial charge is 0.226 e. The fourth-order valence-corrected chi connectivity index (χ4v) is 4.45. The van der Waals surface area contributed by atoms with Gasteiger partial charge in [0, 0.05) is 37.2 Å². The van der Waals surface area contributed by atoms with Gasteiger partial charge in [-0.15, -0.1) is 0 Å². The lowest BCUT2D eigenvalue weighted by Gasteiger charge is -2.26. The number of rotatable bonds is 6. The first kappa shape index (κ1) is 21.4. The maximum Gasteiger partial charge on any atom is 0.226 e. The molecule has 7 nitrogen and oxygen atoms in total. The van der Waals surface area contributed by atoms with Gasteiger partial charge in [0.25, 0.3) is 0 Å². The van der Waals surface area contributed by atoms with Crippen molar-refractivity contribution in [2.75, 3.05) is 19.6 Å². The van der Waals surface area contributed by atoms with Gasteiger partial charge in [0.2, 0.25) is 11.8 Å². The van der Waals surface area contributed by atoms with Crippen LogP contribution < -0.4 is 10.6 Å². The third-order valence-corrected chi connectivity index (χ3v) is 6.11. The van der Waals surface area contributed by atoms with Crippen LogP contribution in [0.25, 0.3) is 11.5 Å². The van der Waals surface area contributed by atoms with Crippen LogP contribution in [0, 0.1) is 5.92 Å². The van der Waals surface area contributed by atoms with Gasteiger partial charge in [-0.05, 0) is 38.3 Å². The zero-order valence-electron chi connectivity index (χ0n) is 18.3. The number of hydrogen-bond donors (Lipinski definition) is 2. The highest BCUT2D eigenvalue weighted by atomic mass is 16.3. The first-order valence-corrected chi connectivity index (χ1v) is 11.6. The Morgan fingerprint density at radius 2 is 2.00 bits per heavy atom. The molecule has 166 valence electrons. The van der Waals surface area contributed by atoms with Gasteiger partial charge in [-0.2, -0.15) is 0 Å². The Labute approximate surface area is 184 Å². The SMILES string of the molecule is CCNC(=NCc1coc(-c2ccccc2)n1)NC1CCN(C(=O)C2CCCCC2)C1. The molecule has 0 bridgehead atoms. The Kier molecular flexibility index (Phi) is 7.22. The number of nitrogens with one attached hydrogen (secondary N) is 2. The lowest BCUT2D eigenvalue weighted by atomic mass is 9.88. The Balaban J connectivity index is 1.32. The van der Waals surface area contributed by atoms with Gasteiger partial charge in [-0.25, -0.2) is 9.98 Å². The second-order valence-electron chi connectivity index (χ2n) is 8.45. The lowest BCUT2D eigenvalue weighted by Crippen LogP contribution is -2.45. The largest absolute Gasteiger partial charge is 0.444 e. The van der Waals surface area contributed by atoms with Crippen LogP contribution >= 0.6 is 0 Å². The molecule has 2 aliphatic rings. The Bertz CT molecular complexity index is 873. The summed E-state index contributed by atoms with van der Waals surface area (Å²) < 4.78 is 5.61. The first-order valence-electron chi connectivity index (χ1n) is 11.6. The van der Waals surface area contributed by atoms with E-state index in [4.69, 9.17) is 4.42 Å². The second kappa shape index (κ2) is 10.5. The molecule has 1 atom stereocenters. The van der Waals surface area contributed by atoms with Gasteiger partial charge >= 0.3 is 0 Å². The highest BCUT2D eigenvalue weighted by Crippen LogP contribution is 2.26. The molecule has 1 aliphatic heterocycles. The van der Waals surface area contributed by atoms with Crippen molar-refractivity contribution in [1.29, 1.82) is 0 Å². The molecule has 1 amide bonds. The number of carbonyl (C=O) groups excluding carboxylic acids is 1. The van der Waals surface area contributed by atoms with Gasteiger partial charge in [0.1, 0.15) is 12.0 Å². The van der Waals surface area contributed by atoms with Crippen molar-refractivity contribution in [3.05, 3.63) is 42.3 Å². The van der Waals surface area contributed by atoms with Crippen LogP contribution in [-0.4, -0.2) is 47.4 Å². The van der Waals surface area contributed by atoms with Crippen LogP contribution in [0.15, 0.2) is 46.0 Å². The number of aromatic nitrogens is 1. The highest BCUT2D eigenvalue weighted by molar-refractivity contribution is 5.81. The van der Waals surface area contributed by atoms with E-state index >= 15 is 0 Å². The molecule has 0 radical (unpaired) electrons. The van der Waals surface area contributed by atoms with Crippen molar-refractivity contribution in [2.45, 2.75) is 58.0 Å². The van der Waals surface area contributed by atoms with E-state index in [1.165, 1.54) is 19.3 Å². The molecule has 1 aromatic carbocycles. The summed E-state index contributed by atoms with van der Waals surface area (Å²) in [6.07, 6.45) is 8.38. The van der Waals surface area contributed by atoms with Crippen LogP contribution in [-0.2, 0) is 11.3 Å². The molecule has 1 aromatic heterocycles. The van der Waals surface area contributed by atoms with E-state index in [0.717, 1.165) is 56.1 Å². The summed E-state index contributed by atoms with van der Waals surface area (Å²) >= 11 is 0. The topological polar surface area (TPSA) is 82.8 Å². The van der Waals surface area contributed by atoms with Gasteiger partial charge < -0.3 is 20.0 Å². The predicted octanol–water partition coefficient (Wildman–Crippen LogP) is 3.58. The van der Waals surface area contributed by atoms with Crippen molar-refractivity contribution < 1.29 is 9.21 Å². The fraction of sp³-hybridized carbons (Fsp3) is 0.542. The third kappa shape index (κ3) is 5.66. The molecule has 2 heterocycles. The summed E-state index contributed by atoms with van der Waals surface area (Å²) in [5.74, 6) is 1.95. The molecule has 2 aromatic rings. The molecule has 2 N–H and O–H groups in total. The lowest BCUT2D eigenvalue weighted by molar-refractivity contribution is -0.135. The number of likely N-dealkylation sites (tertiary alicyclic amines) is 1. The molecule has 1 saturated heterocycles. The maximum atomic E-state index is 12.8. The van der Waals surface area contributed by atoms with Gasteiger partial charge in [0.05, 0.1) is 6.54 Å². The van der Waals surface area contributed by atoms with Crippen molar-refractivity contribution >= 4 is 11.9 Å². The van der Waals surface area contributed by atoms with Crippen LogP contribution in [0.5, 0.6) is 0 Å². The number of nitrogens with zero attached hydrogens (tertiary/aromatic N) is 3. The highest BCUT2D eigenvalue weighted by Gasteiger charge is 2.31. The molecular weight excluding hydrogens is 390 g/mol. The number of guanidine groups is 1. The minimum absolute atomic E-state index is 0.225. The van der Waals surface area contributed by atoms with Gasteiger partial charge in [-0.3, -0.25) is 4.79 Å². The fourth-order valence-electron chi connectivity index (χ4n) is 4.45. The van der Waals surface area contributed by atoms with Crippen LogP contribution in [0.1, 0.15) is 51.1 Å². The standard InChI is InChI=1S/C24H33N5O2/c1-2-25-24(26-15-21-17-31-22(27-21)18-9-5-3-6-10-18)28-20-13-14-29(16-20)23(30)19-11-7-4-8-12-19/h3,5-6,9-10,17,19-20H,2,4,7-8,11-16H2,1H3,(H2,25,26,28). The quantitative estimate of drug-likeness (QED) is 0.548. The predicted molar refractivity (Wildman–Crippen MR) is 121 cm³/mol. The summed E-state index contributed by atoms with van der Waals surface area (Å²) in [4.78, 5) is 24.1. The van der Waals surface area contributed by atoms with E-state index in [0.29, 0.717) is 18.3 Å². The Morgan fingerprint density at radius 3 is 2.77 bits per heavy atom. The van der Waals surface area contributed by atoms with Crippen LogP contribution in [0.3, 0.4) is 0 Å². The first-order chi connectivity index (χ1) is 15.2. The molecule has 1 aliphatic carbocycles. The summed E-state index contributed by atoms with van der Waals surface area (Å²) in [5, 5.41) is 6.80. The van der Waals surface area contributed by atoms with E-state index in [9.17, 15) is 4.79 Å². The summed E-state index contributed by atoms with van der Waals surface area (Å²) in [6.45, 7) is 4.84. The zero-order valence-corrected chi connectivity index (χ0v) is 18.3. The van der Waals surface area contributed by atoms with Gasteiger partial charge in [-0.1, -0.05) is 37.5 Å². The average molecular weight is 424 g/mol. The minimum atomic E-state index is 0.225. The van der Waals surface area contributed by atoms with E-state index in [2.05, 4.69) is 20.6 Å². The molecule has 31 heavy (non-hydrogen) atoms. The molecule has 1 saturated carbocycles. The van der Waals surface area contributed by atoms with Crippen LogP contribution in [0.4, 0.5) is 0 Å².